The summed E-state index contributed by atoms with van der Waals surface area (Å²) in [5, 5.41) is 0. The molecule has 0 N–H and O–H groups in total. The molecule has 0 aliphatic heterocycles. The van der Waals surface area contributed by atoms with Gasteiger partial charge in [-0.1, -0.05) is 46.0 Å². The molecular weight excluding hydrogens is 261 g/mol. The van der Waals surface area contributed by atoms with Crippen LogP contribution in [0.1, 0.15) is 27.2 Å². The molecule has 0 unspecified atom stereocenters. The predicted octanol–water partition coefficient (Wildman–Crippen LogP) is 3.66. The molecule has 0 heterocycles. The molecule has 0 aromatic heterocycles. The highest BCUT2D eigenvalue weighted by Crippen LogP contribution is 2.35. The van der Waals surface area contributed by atoms with Crippen molar-refractivity contribution in [2.45, 2.75) is 31.1 Å². The fourth-order valence-electron chi connectivity index (χ4n) is 0.655. The Hall–Kier alpha value is 0.460. The van der Waals surface area contributed by atoms with Gasteiger partial charge in [0.1, 0.15) is 0 Å². The summed E-state index contributed by atoms with van der Waals surface area (Å²) in [5.74, 6) is 0.447. The number of alkyl halides is 3. The van der Waals surface area contributed by atoms with Gasteiger partial charge in [-0.3, -0.25) is 0 Å². The largest absolute Gasteiger partial charge is 0.291 e. The zero-order valence-electron chi connectivity index (χ0n) is 7.20. The molecule has 0 spiro atoms. The van der Waals surface area contributed by atoms with Crippen LogP contribution in [0.25, 0.3) is 0 Å². The van der Waals surface area contributed by atoms with Crippen LogP contribution >= 0.6 is 20.7 Å². The summed E-state index contributed by atoms with van der Waals surface area (Å²) in [5.41, 5.74) is 0. The van der Waals surface area contributed by atoms with E-state index in [4.69, 9.17) is 0 Å². The molecule has 0 bridgehead atoms. The molecule has 0 fully saturated rings. The molecule has 11 heavy (non-hydrogen) atoms. The van der Waals surface area contributed by atoms with Crippen molar-refractivity contribution in [3.8, 4) is 0 Å². The fraction of sp³-hybridized carbons (Fsp3) is 0.875. The van der Waals surface area contributed by atoms with Crippen molar-refractivity contribution in [3.63, 3.8) is 0 Å². The molecule has 0 amide bonds. The average molecular weight is 276 g/mol. The smallest absolute Gasteiger partial charge is 0.195 e. The minimum atomic E-state index is -2.46. The van der Waals surface area contributed by atoms with Gasteiger partial charge in [0.15, 0.2) is 0 Å². The lowest BCUT2D eigenvalue weighted by atomic mass is 9.95. The third kappa shape index (κ3) is 4.82. The normalized spacial score (nSPS) is 15.5. The standard InChI is InChI=1S/C8H15F2I/c1-6(2)7(3)5-8(9,10)11-4/h6-7H,4-5H2,1-3H3/t7-/m1/s1. The summed E-state index contributed by atoms with van der Waals surface area (Å²) >= 11 is -1.18. The zero-order valence-corrected chi connectivity index (χ0v) is 9.36. The van der Waals surface area contributed by atoms with E-state index >= 15 is 0 Å². The molecular formula is C8H15F2I. The summed E-state index contributed by atoms with van der Waals surface area (Å²) < 4.78 is 26.4. The molecule has 68 valence electrons. The molecule has 0 nitrogen and oxygen atoms in total. The Morgan fingerprint density at radius 2 is 1.82 bits per heavy atom. The van der Waals surface area contributed by atoms with E-state index in [-0.39, 0.29) is 12.3 Å². The third-order valence-corrected chi connectivity index (χ3v) is 3.44. The van der Waals surface area contributed by atoms with Crippen molar-refractivity contribution in [2.75, 3.05) is 0 Å². The van der Waals surface area contributed by atoms with Gasteiger partial charge in [-0.2, -0.15) is 8.78 Å². The molecule has 0 saturated heterocycles. The summed E-state index contributed by atoms with van der Waals surface area (Å²) in [6.07, 6.45) is 0.0153. The van der Waals surface area contributed by atoms with E-state index in [1.807, 2.05) is 20.8 Å². The number of hydrogen-bond acceptors (Lipinski definition) is 0. The Bertz CT molecular complexity index is 132. The monoisotopic (exact) mass is 276 g/mol. The first kappa shape index (κ1) is 11.5. The maximum atomic E-state index is 12.8. The lowest BCUT2D eigenvalue weighted by Crippen LogP contribution is -2.15. The van der Waals surface area contributed by atoms with Gasteiger partial charge in [0.05, 0.1) is 0 Å². The quantitative estimate of drug-likeness (QED) is 0.543. The van der Waals surface area contributed by atoms with Gasteiger partial charge < -0.3 is 0 Å². The van der Waals surface area contributed by atoms with Gasteiger partial charge in [0.2, 0.25) is 0 Å². The van der Waals surface area contributed by atoms with Crippen LogP contribution in [0.3, 0.4) is 0 Å². The Labute approximate surface area is 77.1 Å². The van der Waals surface area contributed by atoms with Gasteiger partial charge in [0, 0.05) is 6.42 Å². The van der Waals surface area contributed by atoms with E-state index in [2.05, 4.69) is 4.51 Å². The Morgan fingerprint density at radius 3 is 2.09 bits per heavy atom. The van der Waals surface area contributed by atoms with E-state index in [9.17, 15) is 8.78 Å². The summed E-state index contributed by atoms with van der Waals surface area (Å²) in [4.78, 5) is 0. The van der Waals surface area contributed by atoms with Gasteiger partial charge in [-0.25, -0.2) is 0 Å². The van der Waals surface area contributed by atoms with E-state index in [1.165, 1.54) is 0 Å². The molecule has 0 aliphatic rings. The van der Waals surface area contributed by atoms with Crippen LogP contribution < -0.4 is 0 Å². The lowest BCUT2D eigenvalue weighted by Gasteiger charge is -2.19. The molecule has 0 aromatic carbocycles. The maximum Gasteiger partial charge on any atom is 0.291 e. The SMILES string of the molecule is C=IC(F)(F)C[C@@H](C)C(C)C. The molecule has 0 rings (SSSR count). The molecule has 1 atom stereocenters. The van der Waals surface area contributed by atoms with Crippen molar-refractivity contribution < 1.29 is 8.78 Å². The van der Waals surface area contributed by atoms with Crippen molar-refractivity contribution in [3.05, 3.63) is 0 Å². The molecule has 0 radical (unpaired) electrons. The van der Waals surface area contributed by atoms with E-state index in [1.54, 1.807) is 0 Å². The average Bonchev–Trinajstić information content (AvgIpc) is 1.87. The van der Waals surface area contributed by atoms with Crippen molar-refractivity contribution in [2.24, 2.45) is 11.8 Å². The van der Waals surface area contributed by atoms with Crippen LogP contribution in [-0.4, -0.2) is 8.44 Å². The number of halogens is 3. The first-order chi connectivity index (χ1) is 4.89. The molecule has 3 heteroatoms. The highest BCUT2D eigenvalue weighted by atomic mass is 127. The van der Waals surface area contributed by atoms with Gasteiger partial charge >= 0.3 is 0 Å². The Balaban J connectivity index is 3.93. The minimum absolute atomic E-state index is 0.0153. The van der Waals surface area contributed by atoms with Crippen LogP contribution in [0.5, 0.6) is 0 Å². The molecule has 0 saturated carbocycles. The minimum Gasteiger partial charge on any atom is -0.195 e. The maximum absolute atomic E-state index is 12.8. The summed E-state index contributed by atoms with van der Waals surface area (Å²) in [7, 11) is 0. The van der Waals surface area contributed by atoms with Gasteiger partial charge in [-0.15, -0.1) is 0 Å². The van der Waals surface area contributed by atoms with E-state index in [0.29, 0.717) is 5.92 Å². The number of hydrogen-bond donors (Lipinski definition) is 0. The predicted molar refractivity (Wildman–Crippen MR) is 54.7 cm³/mol. The molecule has 0 aliphatic carbocycles. The second kappa shape index (κ2) is 4.48. The first-order valence-corrected chi connectivity index (χ1v) is 6.27. The lowest BCUT2D eigenvalue weighted by molar-refractivity contribution is 0.0882. The van der Waals surface area contributed by atoms with E-state index < -0.39 is 24.7 Å². The first-order valence-electron chi connectivity index (χ1n) is 3.66. The summed E-state index contributed by atoms with van der Waals surface area (Å²) in [6, 6.07) is 0. The second-order valence-electron chi connectivity index (χ2n) is 3.17. The Kier molecular flexibility index (Phi) is 4.66. The van der Waals surface area contributed by atoms with Crippen LogP contribution in [-0.2, 0) is 0 Å². The fourth-order valence-corrected chi connectivity index (χ4v) is 1.66. The third-order valence-electron chi connectivity index (χ3n) is 1.89. The second-order valence-corrected chi connectivity index (χ2v) is 5.52. The van der Waals surface area contributed by atoms with E-state index in [0.717, 1.165) is 0 Å². The van der Waals surface area contributed by atoms with Crippen molar-refractivity contribution in [1.29, 1.82) is 0 Å². The van der Waals surface area contributed by atoms with Crippen molar-refractivity contribution in [1.82, 2.24) is 0 Å². The zero-order chi connectivity index (χ0) is 9.07. The molecule has 0 aromatic rings. The highest BCUT2D eigenvalue weighted by Gasteiger charge is 2.28. The van der Waals surface area contributed by atoms with Crippen LogP contribution in [0, 0.1) is 11.8 Å². The van der Waals surface area contributed by atoms with Gasteiger partial charge in [0.25, 0.3) is 3.93 Å². The van der Waals surface area contributed by atoms with Gasteiger partial charge in [-0.05, 0) is 11.8 Å². The van der Waals surface area contributed by atoms with Crippen LogP contribution in [0.2, 0.25) is 0 Å². The highest BCUT2D eigenvalue weighted by molar-refractivity contribution is 14.2. The summed E-state index contributed by atoms with van der Waals surface area (Å²) in [6.45, 7) is 5.82. The van der Waals surface area contributed by atoms with Crippen LogP contribution in [0.4, 0.5) is 8.78 Å². The topological polar surface area (TPSA) is 0 Å². The van der Waals surface area contributed by atoms with Crippen molar-refractivity contribution >= 4 is 25.2 Å². The van der Waals surface area contributed by atoms with Crippen LogP contribution in [0.15, 0.2) is 0 Å². The Morgan fingerprint density at radius 1 is 1.36 bits per heavy atom. The number of rotatable bonds is 4.